The summed E-state index contributed by atoms with van der Waals surface area (Å²) in [6, 6.07) is 10.4. The van der Waals surface area contributed by atoms with Crippen molar-refractivity contribution < 1.29 is 9.53 Å². The number of likely N-dealkylation sites (tertiary alicyclic amines) is 1. The largest absolute Gasteiger partial charge is 0.469 e. The van der Waals surface area contributed by atoms with Gasteiger partial charge in [-0.2, -0.15) is 0 Å². The van der Waals surface area contributed by atoms with E-state index in [2.05, 4.69) is 57.9 Å². The lowest BCUT2D eigenvalue weighted by Crippen LogP contribution is -2.40. The van der Waals surface area contributed by atoms with Gasteiger partial charge in [-0.3, -0.25) is 9.79 Å². The summed E-state index contributed by atoms with van der Waals surface area (Å²) in [6.45, 7) is 7.82. The Kier molecular flexibility index (Phi) is 7.27. The second-order valence-corrected chi connectivity index (χ2v) is 7.45. The zero-order valence-corrected chi connectivity index (χ0v) is 17.5. The third-order valence-corrected chi connectivity index (χ3v) is 5.35. The number of aromatic nitrogens is 2. The molecule has 0 bridgehead atoms. The Bertz CT molecular complexity index is 818. The number of hydrogen-bond acceptors (Lipinski definition) is 4. The first-order valence-electron chi connectivity index (χ1n) is 10.3. The lowest BCUT2D eigenvalue weighted by molar-refractivity contribution is -0.145. The third-order valence-electron chi connectivity index (χ3n) is 5.35. The molecule has 7 nitrogen and oxygen atoms in total. The number of esters is 1. The minimum absolute atomic E-state index is 0.103. The van der Waals surface area contributed by atoms with Crippen LogP contribution in [0.2, 0.25) is 0 Å². The van der Waals surface area contributed by atoms with Crippen LogP contribution in [0.3, 0.4) is 0 Å². The van der Waals surface area contributed by atoms with E-state index in [-0.39, 0.29) is 17.8 Å². The molecule has 0 amide bonds. The first-order valence-corrected chi connectivity index (χ1v) is 10.3. The van der Waals surface area contributed by atoms with Crippen molar-refractivity contribution >= 4 is 11.9 Å². The van der Waals surface area contributed by atoms with Crippen LogP contribution in [0.5, 0.6) is 0 Å². The van der Waals surface area contributed by atoms with Crippen molar-refractivity contribution in [2.75, 3.05) is 33.3 Å². The molecule has 1 N–H and O–H groups in total. The van der Waals surface area contributed by atoms with Gasteiger partial charge in [0.15, 0.2) is 5.96 Å². The fourth-order valence-electron chi connectivity index (χ4n) is 3.78. The van der Waals surface area contributed by atoms with Gasteiger partial charge in [-0.05, 0) is 18.4 Å². The van der Waals surface area contributed by atoms with Gasteiger partial charge in [0.1, 0.15) is 5.82 Å². The summed E-state index contributed by atoms with van der Waals surface area (Å²) in [4.78, 5) is 23.5. The average molecular weight is 398 g/mol. The second-order valence-electron chi connectivity index (χ2n) is 7.45. The summed E-state index contributed by atoms with van der Waals surface area (Å²) in [7, 11) is 1.45. The van der Waals surface area contributed by atoms with Crippen molar-refractivity contribution in [3.63, 3.8) is 0 Å². The lowest BCUT2D eigenvalue weighted by atomic mass is 9.99. The van der Waals surface area contributed by atoms with E-state index in [1.165, 1.54) is 12.7 Å². The van der Waals surface area contributed by atoms with Crippen LogP contribution in [-0.4, -0.2) is 59.7 Å². The molecule has 0 radical (unpaired) electrons. The van der Waals surface area contributed by atoms with Gasteiger partial charge in [-0.1, -0.05) is 37.3 Å². The number of hydrogen-bond donors (Lipinski definition) is 1. The molecule has 2 atom stereocenters. The maximum Gasteiger partial charge on any atom is 0.310 e. The molecule has 1 saturated heterocycles. The predicted octanol–water partition coefficient (Wildman–Crippen LogP) is 2.18. The molecule has 1 aliphatic heterocycles. The smallest absolute Gasteiger partial charge is 0.310 e. The molecule has 29 heavy (non-hydrogen) atoms. The van der Waals surface area contributed by atoms with Gasteiger partial charge in [-0.25, -0.2) is 4.98 Å². The Balaban J connectivity index is 1.62. The molecule has 2 heterocycles. The number of methoxy groups -OCH3 is 1. The first kappa shape index (κ1) is 20.9. The zero-order valence-electron chi connectivity index (χ0n) is 17.5. The van der Waals surface area contributed by atoms with Gasteiger partial charge in [-0.15, -0.1) is 0 Å². The first-order chi connectivity index (χ1) is 14.1. The Morgan fingerprint density at radius 2 is 2.10 bits per heavy atom. The van der Waals surface area contributed by atoms with Crippen molar-refractivity contribution in [2.45, 2.75) is 26.8 Å². The average Bonchev–Trinajstić information content (AvgIpc) is 3.34. The van der Waals surface area contributed by atoms with E-state index >= 15 is 0 Å². The van der Waals surface area contributed by atoms with Gasteiger partial charge in [0, 0.05) is 51.5 Å². The van der Waals surface area contributed by atoms with Gasteiger partial charge < -0.3 is 19.5 Å². The van der Waals surface area contributed by atoms with E-state index in [4.69, 9.17) is 9.73 Å². The normalized spacial score (nSPS) is 19.4. The topological polar surface area (TPSA) is 71.8 Å². The molecule has 1 fully saturated rings. The molecular formula is C22H31N5O2. The maximum atomic E-state index is 12.0. The van der Waals surface area contributed by atoms with Gasteiger partial charge in [0.2, 0.25) is 0 Å². The molecule has 0 spiro atoms. The summed E-state index contributed by atoms with van der Waals surface area (Å²) in [5.41, 5.74) is 1.25. The fourth-order valence-corrected chi connectivity index (χ4v) is 3.78. The number of imidazole rings is 1. The van der Waals surface area contributed by atoms with Crippen LogP contribution in [0.4, 0.5) is 0 Å². The molecule has 2 aromatic rings. The predicted molar refractivity (Wildman–Crippen MR) is 114 cm³/mol. The Labute approximate surface area is 172 Å². The number of carbonyl (C=O) groups excluding carboxylic acids is 1. The number of carbonyl (C=O) groups is 1. The highest BCUT2D eigenvalue weighted by Crippen LogP contribution is 2.24. The van der Waals surface area contributed by atoms with Gasteiger partial charge in [0.05, 0.1) is 13.0 Å². The van der Waals surface area contributed by atoms with Crippen LogP contribution in [0.1, 0.15) is 25.2 Å². The van der Waals surface area contributed by atoms with Crippen LogP contribution < -0.4 is 5.32 Å². The summed E-state index contributed by atoms with van der Waals surface area (Å²) < 4.78 is 7.12. The molecular weight excluding hydrogens is 366 g/mol. The van der Waals surface area contributed by atoms with Crippen LogP contribution in [0, 0.1) is 11.8 Å². The van der Waals surface area contributed by atoms with Crippen molar-refractivity contribution in [1.82, 2.24) is 19.8 Å². The summed E-state index contributed by atoms with van der Waals surface area (Å²) in [6.07, 6.45) is 4.62. The van der Waals surface area contributed by atoms with Crippen molar-refractivity contribution in [1.29, 1.82) is 0 Å². The molecule has 2 unspecified atom stereocenters. The molecule has 3 rings (SSSR count). The third kappa shape index (κ3) is 5.37. The summed E-state index contributed by atoms with van der Waals surface area (Å²) in [5, 5.41) is 3.35. The molecule has 0 aliphatic carbocycles. The summed E-state index contributed by atoms with van der Waals surface area (Å²) in [5.74, 6) is 1.88. The molecule has 1 aromatic carbocycles. The lowest BCUT2D eigenvalue weighted by Gasteiger charge is -2.21. The van der Waals surface area contributed by atoms with Gasteiger partial charge >= 0.3 is 5.97 Å². The van der Waals surface area contributed by atoms with Crippen LogP contribution in [-0.2, 0) is 22.5 Å². The highest BCUT2D eigenvalue weighted by Gasteiger charge is 2.36. The fraction of sp³-hybridized carbons (Fsp3) is 0.500. The van der Waals surface area contributed by atoms with Gasteiger partial charge in [0.25, 0.3) is 0 Å². The monoisotopic (exact) mass is 397 g/mol. The Hall–Kier alpha value is -2.83. The van der Waals surface area contributed by atoms with E-state index < -0.39 is 0 Å². The Morgan fingerprint density at radius 1 is 1.31 bits per heavy atom. The minimum atomic E-state index is -0.140. The number of guanidine groups is 1. The van der Waals surface area contributed by atoms with Crippen molar-refractivity contribution in [3.8, 4) is 0 Å². The highest BCUT2D eigenvalue weighted by molar-refractivity contribution is 5.82. The molecule has 0 saturated carbocycles. The number of aliphatic imine (C=N–C) groups is 1. The number of benzene rings is 1. The number of nitrogens with one attached hydrogen (secondary N) is 1. The highest BCUT2D eigenvalue weighted by atomic mass is 16.5. The van der Waals surface area contributed by atoms with E-state index in [9.17, 15) is 4.79 Å². The quantitative estimate of drug-likeness (QED) is 0.440. The standard InChI is InChI=1S/C22H31N5O2/c1-4-23-22(27-14-17(2)19(16-27)21(28)29-3)25-11-10-20-24-12-13-26(20)15-18-8-6-5-7-9-18/h5-9,12-13,17,19H,4,10-11,14-16H2,1-3H3,(H,23,25). The Morgan fingerprint density at radius 3 is 2.83 bits per heavy atom. The second kappa shape index (κ2) is 10.1. The maximum absolute atomic E-state index is 12.0. The molecule has 156 valence electrons. The van der Waals surface area contributed by atoms with Crippen LogP contribution >= 0.6 is 0 Å². The van der Waals surface area contributed by atoms with Crippen LogP contribution in [0.25, 0.3) is 0 Å². The SMILES string of the molecule is CCNC(=NCCc1nccn1Cc1ccccc1)N1CC(C)C(C(=O)OC)C1. The van der Waals surface area contributed by atoms with E-state index in [1.54, 1.807) is 0 Å². The molecule has 1 aromatic heterocycles. The minimum Gasteiger partial charge on any atom is -0.469 e. The summed E-state index contributed by atoms with van der Waals surface area (Å²) >= 11 is 0. The number of rotatable bonds is 7. The zero-order chi connectivity index (χ0) is 20.6. The molecule has 1 aliphatic rings. The van der Waals surface area contributed by atoms with Crippen LogP contribution in [0.15, 0.2) is 47.7 Å². The van der Waals surface area contributed by atoms with E-state index in [0.717, 1.165) is 37.8 Å². The molecule has 7 heteroatoms. The van der Waals surface area contributed by atoms with Crippen molar-refractivity contribution in [3.05, 3.63) is 54.1 Å². The van der Waals surface area contributed by atoms with E-state index in [0.29, 0.717) is 13.1 Å². The van der Waals surface area contributed by atoms with E-state index in [1.807, 2.05) is 18.5 Å². The number of nitrogens with zero attached hydrogens (tertiary/aromatic N) is 4. The van der Waals surface area contributed by atoms with Crippen molar-refractivity contribution in [2.24, 2.45) is 16.8 Å². The number of ether oxygens (including phenoxy) is 1.